The van der Waals surface area contributed by atoms with Crippen LogP contribution in [0.3, 0.4) is 0 Å². The lowest BCUT2D eigenvalue weighted by molar-refractivity contribution is 0.276. The molecule has 1 aromatic rings. The van der Waals surface area contributed by atoms with Gasteiger partial charge in [-0.3, -0.25) is 4.98 Å². The van der Waals surface area contributed by atoms with E-state index in [2.05, 4.69) is 21.9 Å². The van der Waals surface area contributed by atoms with Gasteiger partial charge in [0.25, 0.3) is 0 Å². The number of rotatable bonds is 4. The van der Waals surface area contributed by atoms with E-state index >= 15 is 0 Å². The number of aliphatic hydroxyl groups is 1. The summed E-state index contributed by atoms with van der Waals surface area (Å²) in [5.74, 6) is 1.65. The van der Waals surface area contributed by atoms with Crippen LogP contribution in [0.15, 0.2) is 12.4 Å². The molecule has 1 heterocycles. The van der Waals surface area contributed by atoms with Crippen molar-refractivity contribution >= 4 is 5.82 Å². The van der Waals surface area contributed by atoms with Gasteiger partial charge in [-0.1, -0.05) is 19.3 Å². The first-order valence-electron chi connectivity index (χ1n) is 6.42. The Morgan fingerprint density at radius 1 is 1.29 bits per heavy atom. The first-order valence-corrected chi connectivity index (χ1v) is 6.42. The summed E-state index contributed by atoms with van der Waals surface area (Å²) >= 11 is 0. The molecule has 0 aromatic carbocycles. The van der Waals surface area contributed by atoms with Gasteiger partial charge < -0.3 is 10.0 Å². The molecule has 4 nitrogen and oxygen atoms in total. The Balaban J connectivity index is 1.95. The lowest BCUT2D eigenvalue weighted by Crippen LogP contribution is -2.27. The Morgan fingerprint density at radius 3 is 2.76 bits per heavy atom. The van der Waals surface area contributed by atoms with Gasteiger partial charge in [-0.05, 0) is 18.8 Å². The van der Waals surface area contributed by atoms with Crippen molar-refractivity contribution in [3.8, 4) is 0 Å². The van der Waals surface area contributed by atoms with E-state index in [0.717, 1.165) is 18.3 Å². The molecule has 0 amide bonds. The third-order valence-electron chi connectivity index (χ3n) is 3.48. The molecule has 1 N–H and O–H groups in total. The lowest BCUT2D eigenvalue weighted by atomic mass is 9.89. The fourth-order valence-electron chi connectivity index (χ4n) is 2.51. The molecule has 1 aromatic heterocycles. The summed E-state index contributed by atoms with van der Waals surface area (Å²) in [6, 6.07) is 0. The van der Waals surface area contributed by atoms with E-state index < -0.39 is 0 Å². The van der Waals surface area contributed by atoms with E-state index in [1.54, 1.807) is 12.4 Å². The van der Waals surface area contributed by atoms with E-state index in [-0.39, 0.29) is 6.61 Å². The van der Waals surface area contributed by atoms with Gasteiger partial charge in [-0.2, -0.15) is 0 Å². The Morgan fingerprint density at radius 2 is 2.06 bits per heavy atom. The molecule has 1 aliphatic rings. The number of aliphatic hydroxyl groups excluding tert-OH is 1. The van der Waals surface area contributed by atoms with Gasteiger partial charge in [0.1, 0.15) is 5.82 Å². The van der Waals surface area contributed by atoms with Crippen LogP contribution in [-0.4, -0.2) is 28.7 Å². The highest BCUT2D eigenvalue weighted by Gasteiger charge is 2.16. The molecule has 0 radical (unpaired) electrons. The molecule has 0 saturated heterocycles. The van der Waals surface area contributed by atoms with Crippen molar-refractivity contribution in [1.29, 1.82) is 0 Å². The van der Waals surface area contributed by atoms with Gasteiger partial charge in [-0.25, -0.2) is 4.98 Å². The van der Waals surface area contributed by atoms with E-state index in [1.807, 2.05) is 0 Å². The highest BCUT2D eigenvalue weighted by molar-refractivity contribution is 5.35. The predicted molar refractivity (Wildman–Crippen MR) is 67.8 cm³/mol. The van der Waals surface area contributed by atoms with Crippen LogP contribution < -0.4 is 4.90 Å². The second-order valence-corrected chi connectivity index (χ2v) is 4.91. The molecule has 2 rings (SSSR count). The van der Waals surface area contributed by atoms with Crippen LogP contribution in [0.25, 0.3) is 0 Å². The zero-order chi connectivity index (χ0) is 12.1. The minimum atomic E-state index is -0.0435. The average molecular weight is 235 g/mol. The van der Waals surface area contributed by atoms with Crippen LogP contribution in [0.2, 0.25) is 0 Å². The maximum atomic E-state index is 9.04. The zero-order valence-electron chi connectivity index (χ0n) is 10.5. The molecule has 4 heteroatoms. The molecule has 94 valence electrons. The molecule has 17 heavy (non-hydrogen) atoms. The number of nitrogens with zero attached hydrogens (tertiary/aromatic N) is 3. The maximum absolute atomic E-state index is 9.04. The molecule has 0 aliphatic heterocycles. The second kappa shape index (κ2) is 5.96. The Hall–Kier alpha value is -1.16. The van der Waals surface area contributed by atoms with E-state index in [1.165, 1.54) is 32.1 Å². The number of hydrogen-bond acceptors (Lipinski definition) is 4. The van der Waals surface area contributed by atoms with Gasteiger partial charge in [0.15, 0.2) is 0 Å². The highest BCUT2D eigenvalue weighted by Crippen LogP contribution is 2.25. The zero-order valence-corrected chi connectivity index (χ0v) is 10.5. The fourth-order valence-corrected chi connectivity index (χ4v) is 2.51. The van der Waals surface area contributed by atoms with Gasteiger partial charge in [-0.15, -0.1) is 0 Å². The summed E-state index contributed by atoms with van der Waals surface area (Å²) in [6.45, 7) is 1.00. The van der Waals surface area contributed by atoms with Crippen LogP contribution in [-0.2, 0) is 6.61 Å². The van der Waals surface area contributed by atoms with Gasteiger partial charge >= 0.3 is 0 Å². The first-order chi connectivity index (χ1) is 8.29. The molecule has 0 unspecified atom stereocenters. The van der Waals surface area contributed by atoms with Crippen molar-refractivity contribution in [1.82, 2.24) is 9.97 Å². The number of hydrogen-bond donors (Lipinski definition) is 1. The quantitative estimate of drug-likeness (QED) is 0.867. The van der Waals surface area contributed by atoms with Crippen LogP contribution in [0.5, 0.6) is 0 Å². The summed E-state index contributed by atoms with van der Waals surface area (Å²) in [5.41, 5.74) is 0.637. The largest absolute Gasteiger partial charge is 0.390 e. The van der Waals surface area contributed by atoms with Crippen molar-refractivity contribution in [2.75, 3.05) is 18.5 Å². The van der Waals surface area contributed by atoms with E-state index in [9.17, 15) is 0 Å². The second-order valence-electron chi connectivity index (χ2n) is 4.91. The normalized spacial score (nSPS) is 17.1. The topological polar surface area (TPSA) is 49.2 Å². The van der Waals surface area contributed by atoms with Crippen LogP contribution in [0.4, 0.5) is 5.82 Å². The third-order valence-corrected chi connectivity index (χ3v) is 3.48. The predicted octanol–water partition coefficient (Wildman–Crippen LogP) is 1.99. The Labute approximate surface area is 103 Å². The molecule has 1 fully saturated rings. The molecular weight excluding hydrogens is 214 g/mol. The molecule has 1 saturated carbocycles. The molecular formula is C13H21N3O. The smallest absolute Gasteiger partial charge is 0.147 e. The van der Waals surface area contributed by atoms with Gasteiger partial charge in [0.2, 0.25) is 0 Å². The Bertz CT molecular complexity index is 350. The third kappa shape index (κ3) is 3.40. The summed E-state index contributed by atoms with van der Waals surface area (Å²) in [6.07, 6.45) is 10.1. The summed E-state index contributed by atoms with van der Waals surface area (Å²) in [4.78, 5) is 10.6. The van der Waals surface area contributed by atoms with E-state index in [4.69, 9.17) is 5.11 Å². The molecule has 0 spiro atoms. The minimum Gasteiger partial charge on any atom is -0.390 e. The summed E-state index contributed by atoms with van der Waals surface area (Å²) in [7, 11) is 2.06. The minimum absolute atomic E-state index is 0.0435. The van der Waals surface area contributed by atoms with Gasteiger partial charge in [0, 0.05) is 13.6 Å². The van der Waals surface area contributed by atoms with Crippen molar-refractivity contribution < 1.29 is 5.11 Å². The number of aromatic nitrogens is 2. The Kier molecular flexibility index (Phi) is 4.31. The first kappa shape index (κ1) is 12.3. The average Bonchev–Trinajstić information content (AvgIpc) is 2.40. The summed E-state index contributed by atoms with van der Waals surface area (Å²) in [5, 5.41) is 9.04. The molecule has 1 aliphatic carbocycles. The van der Waals surface area contributed by atoms with Crippen molar-refractivity contribution in [2.45, 2.75) is 38.7 Å². The lowest BCUT2D eigenvalue weighted by Gasteiger charge is -2.27. The van der Waals surface area contributed by atoms with E-state index in [0.29, 0.717) is 5.69 Å². The van der Waals surface area contributed by atoms with Crippen LogP contribution in [0, 0.1) is 5.92 Å². The standard InChI is InChI=1S/C13H21N3O/c1-16(9-11-5-3-2-4-6-11)13-8-14-7-12(10-17)15-13/h7-8,11,17H,2-6,9-10H2,1H3. The fraction of sp³-hybridized carbons (Fsp3) is 0.692. The monoisotopic (exact) mass is 235 g/mol. The van der Waals surface area contributed by atoms with Crippen LogP contribution in [0.1, 0.15) is 37.8 Å². The maximum Gasteiger partial charge on any atom is 0.147 e. The van der Waals surface area contributed by atoms with Crippen molar-refractivity contribution in [3.63, 3.8) is 0 Å². The highest BCUT2D eigenvalue weighted by atomic mass is 16.3. The van der Waals surface area contributed by atoms with Crippen molar-refractivity contribution in [2.24, 2.45) is 5.92 Å². The molecule has 0 bridgehead atoms. The number of anilines is 1. The molecule has 0 atom stereocenters. The van der Waals surface area contributed by atoms with Gasteiger partial charge in [0.05, 0.1) is 24.7 Å². The SMILES string of the molecule is CN(CC1CCCCC1)c1cncc(CO)n1. The summed E-state index contributed by atoms with van der Waals surface area (Å²) < 4.78 is 0. The van der Waals surface area contributed by atoms with Crippen molar-refractivity contribution in [3.05, 3.63) is 18.1 Å². The van der Waals surface area contributed by atoms with Crippen LogP contribution >= 0.6 is 0 Å².